The van der Waals surface area contributed by atoms with Crippen molar-refractivity contribution in [2.45, 2.75) is 25.6 Å². The first kappa shape index (κ1) is 8.79. The molecule has 0 unspecified atom stereocenters. The molecule has 0 nitrogen and oxygen atoms in total. The van der Waals surface area contributed by atoms with Crippen LogP contribution in [0.4, 0.5) is 0 Å². The summed E-state index contributed by atoms with van der Waals surface area (Å²) in [5.74, 6) is 0. The molecule has 0 saturated carbocycles. The lowest BCUT2D eigenvalue weighted by molar-refractivity contribution is 1.10. The molecule has 1 aromatic rings. The molecular formula is C10H13Br. The van der Waals surface area contributed by atoms with Crippen LogP contribution in [0, 0.1) is 6.92 Å². The van der Waals surface area contributed by atoms with E-state index in [1.807, 2.05) is 0 Å². The molecule has 0 N–H and O–H groups in total. The van der Waals surface area contributed by atoms with E-state index in [0.29, 0.717) is 0 Å². The van der Waals surface area contributed by atoms with Crippen LogP contribution in [-0.4, -0.2) is 0 Å². The molecule has 0 atom stereocenters. The van der Waals surface area contributed by atoms with E-state index in [1.165, 1.54) is 16.7 Å². The van der Waals surface area contributed by atoms with Crippen molar-refractivity contribution in [2.24, 2.45) is 0 Å². The molecular weight excluding hydrogens is 200 g/mol. The molecule has 0 aliphatic heterocycles. The Kier molecular flexibility index (Phi) is 3.13. The molecule has 1 aromatic carbocycles. The normalized spacial score (nSPS) is 10.1. The predicted octanol–water partition coefficient (Wildman–Crippen LogP) is 3.45. The third-order valence-electron chi connectivity index (χ3n) is 1.95. The molecule has 11 heavy (non-hydrogen) atoms. The van der Waals surface area contributed by atoms with Crippen molar-refractivity contribution in [1.29, 1.82) is 0 Å². The average Bonchev–Trinajstić information content (AvgIpc) is 2.05. The van der Waals surface area contributed by atoms with Crippen LogP contribution in [0.5, 0.6) is 0 Å². The molecule has 0 saturated heterocycles. The summed E-state index contributed by atoms with van der Waals surface area (Å²) in [5, 5.41) is 0.959. The zero-order valence-corrected chi connectivity index (χ0v) is 8.61. The van der Waals surface area contributed by atoms with E-state index >= 15 is 0 Å². The monoisotopic (exact) mass is 212 g/mol. The molecule has 0 spiro atoms. The standard InChI is InChI=1S/C10H13Br/c1-3-10-6-9(7-11)5-4-8(10)2/h4-6H,3,7H2,1-2H3. The Labute approximate surface area is 76.8 Å². The number of halogens is 1. The largest absolute Gasteiger partial charge is 0.0876 e. The highest BCUT2D eigenvalue weighted by molar-refractivity contribution is 9.08. The minimum absolute atomic E-state index is 0.959. The Bertz CT molecular complexity index is 241. The van der Waals surface area contributed by atoms with Gasteiger partial charge >= 0.3 is 0 Å². The highest BCUT2D eigenvalue weighted by Gasteiger charge is 1.96. The SMILES string of the molecule is CCc1cc(CBr)ccc1C. The summed E-state index contributed by atoms with van der Waals surface area (Å²) >= 11 is 3.45. The molecule has 1 rings (SSSR count). The number of rotatable bonds is 2. The lowest BCUT2D eigenvalue weighted by atomic mass is 10.0. The van der Waals surface area contributed by atoms with E-state index in [-0.39, 0.29) is 0 Å². The maximum atomic E-state index is 3.45. The van der Waals surface area contributed by atoms with E-state index < -0.39 is 0 Å². The first-order valence-electron chi connectivity index (χ1n) is 3.92. The second-order valence-electron chi connectivity index (χ2n) is 2.75. The second-order valence-corrected chi connectivity index (χ2v) is 3.31. The van der Waals surface area contributed by atoms with Gasteiger partial charge in [-0.1, -0.05) is 41.1 Å². The van der Waals surface area contributed by atoms with Crippen molar-refractivity contribution in [3.05, 3.63) is 34.9 Å². The zero-order valence-electron chi connectivity index (χ0n) is 7.02. The van der Waals surface area contributed by atoms with Crippen molar-refractivity contribution < 1.29 is 0 Å². The summed E-state index contributed by atoms with van der Waals surface area (Å²) in [4.78, 5) is 0. The number of aryl methyl sites for hydroxylation is 2. The summed E-state index contributed by atoms with van der Waals surface area (Å²) in [7, 11) is 0. The average molecular weight is 213 g/mol. The topological polar surface area (TPSA) is 0 Å². The maximum Gasteiger partial charge on any atom is 0.0283 e. The van der Waals surface area contributed by atoms with Gasteiger partial charge in [-0.2, -0.15) is 0 Å². The van der Waals surface area contributed by atoms with E-state index in [9.17, 15) is 0 Å². The maximum absolute atomic E-state index is 3.45. The van der Waals surface area contributed by atoms with Crippen molar-refractivity contribution in [3.63, 3.8) is 0 Å². The van der Waals surface area contributed by atoms with Crippen LogP contribution >= 0.6 is 15.9 Å². The third kappa shape index (κ3) is 2.06. The number of hydrogen-bond acceptors (Lipinski definition) is 0. The van der Waals surface area contributed by atoms with Crippen LogP contribution in [0.25, 0.3) is 0 Å². The molecule has 0 aliphatic rings. The fourth-order valence-corrected chi connectivity index (χ4v) is 1.54. The first-order valence-corrected chi connectivity index (χ1v) is 5.04. The molecule has 1 heteroatoms. The molecule has 60 valence electrons. The van der Waals surface area contributed by atoms with Gasteiger partial charge in [0.1, 0.15) is 0 Å². The molecule has 0 radical (unpaired) electrons. The Morgan fingerprint density at radius 1 is 1.36 bits per heavy atom. The Hall–Kier alpha value is -0.300. The fraction of sp³-hybridized carbons (Fsp3) is 0.400. The second kappa shape index (κ2) is 3.91. The lowest BCUT2D eigenvalue weighted by Crippen LogP contribution is -1.88. The first-order chi connectivity index (χ1) is 5.27. The van der Waals surface area contributed by atoms with Crippen molar-refractivity contribution in [3.8, 4) is 0 Å². The highest BCUT2D eigenvalue weighted by Crippen LogP contribution is 2.13. The molecule has 0 aliphatic carbocycles. The minimum Gasteiger partial charge on any atom is -0.0876 e. The Balaban J connectivity index is 3.02. The van der Waals surface area contributed by atoms with Gasteiger partial charge in [0, 0.05) is 5.33 Å². The van der Waals surface area contributed by atoms with Crippen LogP contribution in [0.2, 0.25) is 0 Å². The van der Waals surface area contributed by atoms with Gasteiger partial charge in [0.2, 0.25) is 0 Å². The van der Waals surface area contributed by atoms with Gasteiger partial charge < -0.3 is 0 Å². The quantitative estimate of drug-likeness (QED) is 0.660. The van der Waals surface area contributed by atoms with Gasteiger partial charge in [0.15, 0.2) is 0 Å². The molecule has 0 aromatic heterocycles. The molecule has 0 amide bonds. The fourth-order valence-electron chi connectivity index (χ4n) is 1.19. The van der Waals surface area contributed by atoms with Crippen molar-refractivity contribution in [1.82, 2.24) is 0 Å². The van der Waals surface area contributed by atoms with Gasteiger partial charge in [0.05, 0.1) is 0 Å². The van der Waals surface area contributed by atoms with Crippen LogP contribution in [0.15, 0.2) is 18.2 Å². The molecule has 0 bridgehead atoms. The van der Waals surface area contributed by atoms with Crippen LogP contribution < -0.4 is 0 Å². The van der Waals surface area contributed by atoms with Gasteiger partial charge in [-0.05, 0) is 30.0 Å². The van der Waals surface area contributed by atoms with Gasteiger partial charge in [-0.15, -0.1) is 0 Å². The van der Waals surface area contributed by atoms with E-state index in [2.05, 4.69) is 48.0 Å². The number of benzene rings is 1. The zero-order chi connectivity index (χ0) is 8.27. The van der Waals surface area contributed by atoms with Crippen molar-refractivity contribution in [2.75, 3.05) is 0 Å². The molecule has 0 fully saturated rings. The third-order valence-corrected chi connectivity index (χ3v) is 2.60. The summed E-state index contributed by atoms with van der Waals surface area (Å²) in [6.07, 6.45) is 1.13. The van der Waals surface area contributed by atoms with Gasteiger partial charge in [-0.3, -0.25) is 0 Å². The van der Waals surface area contributed by atoms with Gasteiger partial charge in [-0.25, -0.2) is 0 Å². The summed E-state index contributed by atoms with van der Waals surface area (Å²) in [5.41, 5.74) is 4.23. The Morgan fingerprint density at radius 2 is 2.09 bits per heavy atom. The lowest BCUT2D eigenvalue weighted by Gasteiger charge is -2.03. The van der Waals surface area contributed by atoms with Gasteiger partial charge in [0.25, 0.3) is 0 Å². The van der Waals surface area contributed by atoms with Crippen LogP contribution in [0.3, 0.4) is 0 Å². The van der Waals surface area contributed by atoms with Crippen LogP contribution in [-0.2, 0) is 11.8 Å². The summed E-state index contributed by atoms with van der Waals surface area (Å²) in [6, 6.07) is 6.63. The number of hydrogen-bond donors (Lipinski definition) is 0. The minimum atomic E-state index is 0.959. The number of alkyl halides is 1. The highest BCUT2D eigenvalue weighted by atomic mass is 79.9. The predicted molar refractivity (Wildman–Crippen MR) is 53.2 cm³/mol. The summed E-state index contributed by atoms with van der Waals surface area (Å²) < 4.78 is 0. The van der Waals surface area contributed by atoms with E-state index in [4.69, 9.17) is 0 Å². The van der Waals surface area contributed by atoms with Crippen LogP contribution in [0.1, 0.15) is 23.6 Å². The summed E-state index contributed by atoms with van der Waals surface area (Å²) in [6.45, 7) is 4.36. The van der Waals surface area contributed by atoms with E-state index in [1.54, 1.807) is 0 Å². The van der Waals surface area contributed by atoms with E-state index in [0.717, 1.165) is 11.8 Å². The Morgan fingerprint density at radius 3 is 2.64 bits per heavy atom. The molecule has 0 heterocycles. The van der Waals surface area contributed by atoms with Crippen molar-refractivity contribution >= 4 is 15.9 Å². The smallest absolute Gasteiger partial charge is 0.0283 e.